The van der Waals surface area contributed by atoms with Crippen molar-refractivity contribution < 1.29 is 56.3 Å². The second kappa shape index (κ2) is 10.5. The van der Waals surface area contributed by atoms with E-state index in [0.717, 1.165) is 4.57 Å². The van der Waals surface area contributed by atoms with E-state index < -0.39 is 59.8 Å². The molecule has 0 spiro atoms. The van der Waals surface area contributed by atoms with Crippen molar-refractivity contribution in [2.24, 2.45) is 5.73 Å². The van der Waals surface area contributed by atoms with Gasteiger partial charge in [0.15, 0.2) is 0 Å². The van der Waals surface area contributed by atoms with E-state index in [0.29, 0.717) is 13.0 Å². The van der Waals surface area contributed by atoms with E-state index in [9.17, 15) is 33.3 Å². The number of aliphatic hydroxyl groups excluding tert-OH is 1. The van der Waals surface area contributed by atoms with Crippen LogP contribution in [0.1, 0.15) is 24.6 Å². The smallest absolute Gasteiger partial charge is 0.390 e. The van der Waals surface area contributed by atoms with Gasteiger partial charge in [-0.05, 0) is 19.4 Å². The summed E-state index contributed by atoms with van der Waals surface area (Å²) in [7, 11) is -16.6. The average Bonchev–Trinajstić information content (AvgIpc) is 2.97. The number of aliphatic hydroxyl groups is 1. The Labute approximate surface area is 179 Å². The zero-order valence-corrected chi connectivity index (χ0v) is 18.8. The minimum absolute atomic E-state index is 0.188. The Balaban J connectivity index is 2.06. The summed E-state index contributed by atoms with van der Waals surface area (Å²) in [6.45, 7) is -0.584. The van der Waals surface area contributed by atoms with Gasteiger partial charge in [0.05, 0.1) is 12.7 Å². The second-order valence-corrected chi connectivity index (χ2v) is 11.0. The van der Waals surface area contributed by atoms with Crippen LogP contribution in [0.3, 0.4) is 0 Å². The van der Waals surface area contributed by atoms with Crippen LogP contribution in [0.5, 0.6) is 0 Å². The summed E-state index contributed by atoms with van der Waals surface area (Å²) in [5.41, 5.74) is 4.20. The highest BCUT2D eigenvalue weighted by atomic mass is 31.3. The summed E-state index contributed by atoms with van der Waals surface area (Å²) >= 11 is 0. The Hall–Kier alpha value is -1.03. The van der Waals surface area contributed by atoms with E-state index >= 15 is 0 Å². The van der Waals surface area contributed by atoms with Crippen molar-refractivity contribution in [2.75, 3.05) is 13.2 Å². The van der Waals surface area contributed by atoms with Crippen molar-refractivity contribution in [3.05, 3.63) is 32.6 Å². The predicted molar refractivity (Wildman–Crippen MR) is 103 cm³/mol. The summed E-state index contributed by atoms with van der Waals surface area (Å²) in [4.78, 5) is 61.6. The van der Waals surface area contributed by atoms with Crippen LogP contribution in [0.25, 0.3) is 0 Å². The number of nitrogens with zero attached hydrogens (tertiary/aromatic N) is 1. The highest BCUT2D eigenvalue weighted by Crippen LogP contribution is 2.66. The summed E-state index contributed by atoms with van der Waals surface area (Å²) in [6, 6.07) is 0. The van der Waals surface area contributed by atoms with Gasteiger partial charge in [0.2, 0.25) is 0 Å². The predicted octanol–water partition coefficient (Wildman–Crippen LogP) is -1.58. The Bertz CT molecular complexity index is 1070. The van der Waals surface area contributed by atoms with Gasteiger partial charge in [0.1, 0.15) is 12.3 Å². The molecule has 0 aliphatic carbocycles. The van der Waals surface area contributed by atoms with Gasteiger partial charge in [-0.2, -0.15) is 8.62 Å². The Kier molecular flexibility index (Phi) is 8.92. The lowest BCUT2D eigenvalue weighted by Crippen LogP contribution is -2.34. The Morgan fingerprint density at radius 1 is 1.16 bits per heavy atom. The number of hydrogen-bond acceptors (Lipinski definition) is 11. The minimum Gasteiger partial charge on any atom is -0.390 e. The number of nitrogens with two attached hydrogens (primary N) is 1. The summed E-state index contributed by atoms with van der Waals surface area (Å²) in [5.74, 6) is 0. The normalized spacial score (nSPS) is 25.4. The monoisotopic (exact) mass is 525 g/mol. The fourth-order valence-electron chi connectivity index (χ4n) is 2.72. The third-order valence-electron chi connectivity index (χ3n) is 4.02. The quantitative estimate of drug-likeness (QED) is 0.161. The first-order valence-electron chi connectivity index (χ1n) is 8.79. The summed E-state index contributed by atoms with van der Waals surface area (Å²) in [5, 5.41) is 10.1. The first kappa shape index (κ1) is 27.2. The van der Waals surface area contributed by atoms with Crippen molar-refractivity contribution in [1.82, 2.24) is 9.55 Å². The van der Waals surface area contributed by atoms with Crippen LogP contribution in [0.2, 0.25) is 0 Å². The molecule has 5 atom stereocenters. The molecule has 20 heteroatoms. The van der Waals surface area contributed by atoms with E-state index in [1.54, 1.807) is 0 Å². The van der Waals surface area contributed by atoms with Gasteiger partial charge in [-0.1, -0.05) is 0 Å². The van der Waals surface area contributed by atoms with Gasteiger partial charge in [-0.15, -0.1) is 0 Å². The zero-order valence-electron chi connectivity index (χ0n) is 16.1. The molecular formula is C12H22N3O14P3. The van der Waals surface area contributed by atoms with Crippen LogP contribution in [0.15, 0.2) is 15.8 Å². The second-order valence-electron chi connectivity index (χ2n) is 6.53. The lowest BCUT2D eigenvalue weighted by molar-refractivity contribution is -0.0450. The first-order chi connectivity index (χ1) is 14.6. The number of hydrogen-bond donors (Lipinski definition) is 7. The number of rotatable bonds is 11. The molecule has 1 aromatic heterocycles. The molecule has 1 aliphatic heterocycles. The molecule has 32 heavy (non-hydrogen) atoms. The molecule has 0 saturated carbocycles. The molecule has 0 bridgehead atoms. The number of H-pyrrole nitrogens is 1. The molecule has 1 saturated heterocycles. The fourth-order valence-corrected chi connectivity index (χ4v) is 5.75. The number of nitrogens with one attached hydrogen (secondary N) is 1. The largest absolute Gasteiger partial charge is 0.490 e. The van der Waals surface area contributed by atoms with Crippen molar-refractivity contribution >= 4 is 23.5 Å². The maximum Gasteiger partial charge on any atom is 0.490 e. The van der Waals surface area contributed by atoms with Crippen molar-refractivity contribution in [1.29, 1.82) is 0 Å². The number of aromatic amines is 1. The molecule has 2 heterocycles. The van der Waals surface area contributed by atoms with E-state index in [1.807, 2.05) is 0 Å². The van der Waals surface area contributed by atoms with Gasteiger partial charge in [-0.3, -0.25) is 18.9 Å². The third-order valence-corrected chi connectivity index (χ3v) is 7.83. The Morgan fingerprint density at radius 3 is 2.41 bits per heavy atom. The third kappa shape index (κ3) is 8.08. The first-order valence-corrected chi connectivity index (χ1v) is 13.3. The minimum atomic E-state index is -5.69. The summed E-state index contributed by atoms with van der Waals surface area (Å²) in [6.07, 6.45) is -1.96. The van der Waals surface area contributed by atoms with Crippen molar-refractivity contribution in [3.8, 4) is 0 Å². The van der Waals surface area contributed by atoms with Crippen molar-refractivity contribution in [2.45, 2.75) is 37.7 Å². The van der Waals surface area contributed by atoms with E-state index in [2.05, 4.69) is 18.1 Å². The van der Waals surface area contributed by atoms with Gasteiger partial charge >= 0.3 is 29.2 Å². The van der Waals surface area contributed by atoms with Gasteiger partial charge in [0.25, 0.3) is 5.56 Å². The van der Waals surface area contributed by atoms with Crippen LogP contribution in [0.4, 0.5) is 0 Å². The lowest BCUT2D eigenvalue weighted by Gasteiger charge is -2.19. The number of phosphoric ester groups is 1. The average molecular weight is 525 g/mol. The number of phosphoric acid groups is 3. The topological polar surface area (TPSA) is 270 Å². The van der Waals surface area contributed by atoms with Crippen LogP contribution in [-0.2, 0) is 38.0 Å². The molecule has 8 N–H and O–H groups in total. The van der Waals surface area contributed by atoms with E-state index in [1.165, 1.54) is 6.20 Å². The maximum absolute atomic E-state index is 12.1. The number of aromatic nitrogens is 2. The zero-order chi connectivity index (χ0) is 24.3. The van der Waals surface area contributed by atoms with E-state index in [-0.39, 0.29) is 18.4 Å². The molecule has 1 aromatic rings. The van der Waals surface area contributed by atoms with Gasteiger partial charge in [0, 0.05) is 18.2 Å². The van der Waals surface area contributed by atoms with Crippen molar-refractivity contribution in [3.63, 3.8) is 0 Å². The highest BCUT2D eigenvalue weighted by molar-refractivity contribution is 7.66. The van der Waals surface area contributed by atoms with Crippen LogP contribution in [-0.4, -0.2) is 59.6 Å². The van der Waals surface area contributed by atoms with E-state index in [4.69, 9.17) is 25.2 Å². The molecule has 0 amide bonds. The summed E-state index contributed by atoms with van der Waals surface area (Å²) < 4.78 is 51.7. The van der Waals surface area contributed by atoms with Gasteiger partial charge < -0.3 is 35.2 Å². The molecule has 2 rings (SSSR count). The lowest BCUT2D eigenvalue weighted by atomic mass is 10.1. The number of aryl methyl sites for hydroxylation is 1. The standard InChI is InChI=1S/C12H22N3O14P3/c13-3-1-2-7-5-15(12(18)14-11(7)17)10-4-8(16)9(27-10)6-26-31(22,23)29-32(24,25)28-30(19,20)21/h5,8-10,16H,1-4,6,13H2,(H,22,23)(H,24,25)(H,14,17,18)(H2,19,20,21)/t8-,9+,10+/m1/s1. The molecule has 0 radical (unpaired) electrons. The van der Waals surface area contributed by atoms with Crippen LogP contribution >= 0.6 is 23.5 Å². The van der Waals surface area contributed by atoms with Crippen LogP contribution < -0.4 is 17.0 Å². The fraction of sp³-hybridized carbons (Fsp3) is 0.667. The highest BCUT2D eigenvalue weighted by Gasteiger charge is 2.43. The molecule has 2 unspecified atom stereocenters. The molecule has 184 valence electrons. The van der Waals surface area contributed by atoms with Gasteiger partial charge in [-0.25, -0.2) is 18.5 Å². The van der Waals surface area contributed by atoms with Crippen LogP contribution in [0, 0.1) is 0 Å². The molecule has 17 nitrogen and oxygen atoms in total. The molecule has 0 aromatic carbocycles. The maximum atomic E-state index is 12.1. The molecule has 1 fully saturated rings. The molecule has 1 aliphatic rings. The molecular weight excluding hydrogens is 503 g/mol. The Morgan fingerprint density at radius 2 is 1.81 bits per heavy atom. The SMILES string of the molecule is NCCCc1cn([C@@H]2C[C@@H](O)[C@H](COP(=O)(O)OP(=O)(O)OP(=O)(O)O)O2)c(=O)[nH]c1=O. The number of ether oxygens (including phenoxy) is 1.